The molecule has 0 radical (unpaired) electrons. The first-order chi connectivity index (χ1) is 9.97. The summed E-state index contributed by atoms with van der Waals surface area (Å²) in [5.74, 6) is 0.687. The Morgan fingerprint density at radius 2 is 2.10 bits per heavy atom. The molecule has 0 bridgehead atoms. The first-order valence-electron chi connectivity index (χ1n) is 6.81. The van der Waals surface area contributed by atoms with E-state index in [9.17, 15) is 13.2 Å². The van der Waals surface area contributed by atoms with Crippen molar-refractivity contribution < 1.29 is 17.9 Å². The lowest BCUT2D eigenvalue weighted by Crippen LogP contribution is -2.13. The van der Waals surface area contributed by atoms with Gasteiger partial charge in [-0.2, -0.15) is 13.2 Å². The van der Waals surface area contributed by atoms with Crippen LogP contribution < -0.4 is 5.73 Å². The van der Waals surface area contributed by atoms with Crippen molar-refractivity contribution >= 4 is 11.0 Å². The van der Waals surface area contributed by atoms with Crippen LogP contribution in [0.2, 0.25) is 0 Å². The van der Waals surface area contributed by atoms with Gasteiger partial charge in [-0.15, -0.1) is 0 Å². The predicted molar refractivity (Wildman–Crippen MR) is 74.0 cm³/mol. The molecule has 7 heteroatoms. The van der Waals surface area contributed by atoms with E-state index in [2.05, 4.69) is 4.98 Å². The van der Waals surface area contributed by atoms with Crippen molar-refractivity contribution in [2.45, 2.75) is 26.1 Å². The van der Waals surface area contributed by atoms with E-state index in [1.165, 1.54) is 6.07 Å². The van der Waals surface area contributed by atoms with Crippen LogP contribution in [0.15, 0.2) is 18.2 Å². The number of rotatable bonds is 6. The van der Waals surface area contributed by atoms with Gasteiger partial charge in [0.15, 0.2) is 0 Å². The Labute approximate surface area is 120 Å². The second kappa shape index (κ2) is 6.44. The summed E-state index contributed by atoms with van der Waals surface area (Å²) in [6.07, 6.45) is -3.85. The molecule has 116 valence electrons. The second-order valence-electron chi connectivity index (χ2n) is 4.62. The van der Waals surface area contributed by atoms with Crippen molar-refractivity contribution in [1.82, 2.24) is 9.55 Å². The standard InChI is InChI=1S/C14H18F3N3O/c1-2-21-8-7-20-12-4-3-10(14(15,16)17)9-11(12)19-13(20)5-6-18/h3-4,9H,2,5-8,18H2,1H3. The molecular formula is C14H18F3N3O. The first kappa shape index (κ1) is 15.8. The lowest BCUT2D eigenvalue weighted by Gasteiger charge is -2.09. The number of imidazole rings is 1. The molecule has 1 aromatic heterocycles. The summed E-state index contributed by atoms with van der Waals surface area (Å²) in [7, 11) is 0. The minimum Gasteiger partial charge on any atom is -0.380 e. The molecule has 0 fully saturated rings. The minimum absolute atomic E-state index is 0.338. The van der Waals surface area contributed by atoms with E-state index in [1.807, 2.05) is 11.5 Å². The third kappa shape index (κ3) is 3.54. The number of benzene rings is 1. The molecule has 0 spiro atoms. The maximum absolute atomic E-state index is 12.7. The summed E-state index contributed by atoms with van der Waals surface area (Å²) < 4.78 is 45.4. The van der Waals surface area contributed by atoms with Gasteiger partial charge >= 0.3 is 6.18 Å². The van der Waals surface area contributed by atoms with Gasteiger partial charge in [0.05, 0.1) is 23.2 Å². The summed E-state index contributed by atoms with van der Waals surface area (Å²) >= 11 is 0. The smallest absolute Gasteiger partial charge is 0.380 e. The van der Waals surface area contributed by atoms with Crippen LogP contribution in [0.4, 0.5) is 13.2 Å². The van der Waals surface area contributed by atoms with Gasteiger partial charge in [-0.1, -0.05) is 0 Å². The molecule has 0 atom stereocenters. The van der Waals surface area contributed by atoms with E-state index in [-0.39, 0.29) is 0 Å². The molecule has 1 heterocycles. The van der Waals surface area contributed by atoms with Gasteiger partial charge in [0.2, 0.25) is 0 Å². The Morgan fingerprint density at radius 3 is 2.71 bits per heavy atom. The molecule has 0 saturated carbocycles. The molecule has 0 aliphatic carbocycles. The van der Waals surface area contributed by atoms with Crippen molar-refractivity contribution in [2.24, 2.45) is 5.73 Å². The number of hydrogen-bond donors (Lipinski definition) is 1. The van der Waals surface area contributed by atoms with Crippen molar-refractivity contribution in [3.05, 3.63) is 29.6 Å². The van der Waals surface area contributed by atoms with Gasteiger partial charge in [0, 0.05) is 19.6 Å². The third-order valence-corrected chi connectivity index (χ3v) is 3.19. The Balaban J connectivity index is 2.41. The quantitative estimate of drug-likeness (QED) is 0.834. The highest BCUT2D eigenvalue weighted by atomic mass is 19.4. The Bertz CT molecular complexity index is 607. The van der Waals surface area contributed by atoms with E-state index in [1.54, 1.807) is 0 Å². The van der Waals surface area contributed by atoms with Gasteiger partial charge < -0.3 is 15.0 Å². The highest BCUT2D eigenvalue weighted by Crippen LogP contribution is 2.31. The number of hydrogen-bond acceptors (Lipinski definition) is 3. The van der Waals surface area contributed by atoms with Crippen molar-refractivity contribution in [3.8, 4) is 0 Å². The van der Waals surface area contributed by atoms with Crippen molar-refractivity contribution in [1.29, 1.82) is 0 Å². The summed E-state index contributed by atoms with van der Waals surface area (Å²) in [5.41, 5.74) is 5.86. The normalized spacial score (nSPS) is 12.2. The molecule has 0 aliphatic heterocycles. The SMILES string of the molecule is CCOCCn1c(CCN)nc2cc(C(F)(F)F)ccc21. The number of halogens is 3. The molecule has 4 nitrogen and oxygen atoms in total. The maximum atomic E-state index is 12.7. The van der Waals surface area contributed by atoms with Crippen molar-refractivity contribution in [2.75, 3.05) is 19.8 Å². The molecule has 2 N–H and O–H groups in total. The number of aromatic nitrogens is 2. The zero-order chi connectivity index (χ0) is 15.5. The number of fused-ring (bicyclic) bond motifs is 1. The number of nitrogens with two attached hydrogens (primary N) is 1. The molecule has 0 aliphatic rings. The maximum Gasteiger partial charge on any atom is 0.416 e. The summed E-state index contributed by atoms with van der Waals surface area (Å²) in [4.78, 5) is 4.28. The molecule has 2 aromatic rings. The van der Waals surface area contributed by atoms with Crippen LogP contribution in [-0.2, 0) is 23.9 Å². The highest BCUT2D eigenvalue weighted by Gasteiger charge is 2.31. The van der Waals surface area contributed by atoms with Crippen LogP contribution in [0.1, 0.15) is 18.3 Å². The van der Waals surface area contributed by atoms with E-state index in [4.69, 9.17) is 10.5 Å². The molecular weight excluding hydrogens is 283 g/mol. The van der Waals surface area contributed by atoms with Gasteiger partial charge in [0.25, 0.3) is 0 Å². The van der Waals surface area contributed by atoms with Gasteiger partial charge in [-0.25, -0.2) is 4.98 Å². The summed E-state index contributed by atoms with van der Waals surface area (Å²) in [6.45, 7) is 3.91. The third-order valence-electron chi connectivity index (χ3n) is 3.19. The van der Waals surface area contributed by atoms with E-state index in [0.717, 1.165) is 12.1 Å². The fraction of sp³-hybridized carbons (Fsp3) is 0.500. The van der Waals surface area contributed by atoms with Crippen LogP contribution in [-0.4, -0.2) is 29.3 Å². The lowest BCUT2D eigenvalue weighted by atomic mass is 10.2. The highest BCUT2D eigenvalue weighted by molar-refractivity contribution is 5.77. The fourth-order valence-corrected chi connectivity index (χ4v) is 2.23. The molecule has 21 heavy (non-hydrogen) atoms. The monoisotopic (exact) mass is 301 g/mol. The zero-order valence-corrected chi connectivity index (χ0v) is 11.8. The van der Waals surface area contributed by atoms with Crippen molar-refractivity contribution in [3.63, 3.8) is 0 Å². The Morgan fingerprint density at radius 1 is 1.33 bits per heavy atom. The number of ether oxygens (including phenoxy) is 1. The van der Waals surface area contributed by atoms with E-state index < -0.39 is 11.7 Å². The average Bonchev–Trinajstić information content (AvgIpc) is 2.76. The van der Waals surface area contributed by atoms with Crippen LogP contribution in [0, 0.1) is 0 Å². The minimum atomic E-state index is -4.36. The molecule has 0 amide bonds. The van der Waals surface area contributed by atoms with Crippen LogP contribution >= 0.6 is 0 Å². The molecule has 0 saturated heterocycles. The van der Waals surface area contributed by atoms with Gasteiger partial charge in [-0.05, 0) is 31.7 Å². The number of alkyl halides is 3. The Kier molecular flexibility index (Phi) is 4.84. The lowest BCUT2D eigenvalue weighted by molar-refractivity contribution is -0.137. The van der Waals surface area contributed by atoms with Crippen LogP contribution in [0.3, 0.4) is 0 Å². The van der Waals surface area contributed by atoms with Crippen LogP contribution in [0.25, 0.3) is 11.0 Å². The first-order valence-corrected chi connectivity index (χ1v) is 6.81. The number of nitrogens with zero attached hydrogens (tertiary/aromatic N) is 2. The molecule has 0 unspecified atom stereocenters. The van der Waals surface area contributed by atoms with Gasteiger partial charge in [0.1, 0.15) is 5.82 Å². The molecule has 2 rings (SSSR count). The Hall–Kier alpha value is -1.60. The van der Waals surface area contributed by atoms with E-state index in [0.29, 0.717) is 49.6 Å². The van der Waals surface area contributed by atoms with E-state index >= 15 is 0 Å². The topological polar surface area (TPSA) is 53.1 Å². The predicted octanol–water partition coefficient (Wildman–Crippen LogP) is 2.59. The summed E-state index contributed by atoms with van der Waals surface area (Å²) in [6, 6.07) is 3.61. The largest absolute Gasteiger partial charge is 0.416 e. The molecule has 1 aromatic carbocycles. The zero-order valence-electron chi connectivity index (χ0n) is 11.8. The van der Waals surface area contributed by atoms with Gasteiger partial charge in [-0.3, -0.25) is 0 Å². The van der Waals surface area contributed by atoms with Crippen LogP contribution in [0.5, 0.6) is 0 Å². The average molecular weight is 301 g/mol. The second-order valence-corrected chi connectivity index (χ2v) is 4.62. The summed E-state index contributed by atoms with van der Waals surface area (Å²) in [5, 5.41) is 0. The fourth-order valence-electron chi connectivity index (χ4n) is 2.23.